The van der Waals surface area contributed by atoms with E-state index in [9.17, 15) is 10.1 Å². The van der Waals surface area contributed by atoms with Gasteiger partial charge < -0.3 is 0 Å². The molecule has 90 valence electrons. The minimum absolute atomic E-state index is 0.149. The van der Waals surface area contributed by atoms with Crippen LogP contribution in [0.3, 0.4) is 0 Å². The molecule has 1 aromatic carbocycles. The number of nitro groups is 1. The summed E-state index contributed by atoms with van der Waals surface area (Å²) >= 11 is 0. The molecule has 5 nitrogen and oxygen atoms in total. The number of nitrogens with zero attached hydrogens (tertiary/aromatic N) is 3. The molecular formula is C14H7N3O2. The fraction of sp³-hybridized carbons (Fsp3) is 0. The van der Waals surface area contributed by atoms with Crippen LogP contribution >= 0.6 is 0 Å². The summed E-state index contributed by atoms with van der Waals surface area (Å²) in [6.45, 7) is 0. The van der Waals surface area contributed by atoms with Crippen LogP contribution in [0.2, 0.25) is 0 Å². The average molecular weight is 249 g/mol. The Balaban J connectivity index is 2.41. The van der Waals surface area contributed by atoms with E-state index in [1.54, 1.807) is 24.4 Å². The lowest BCUT2D eigenvalue weighted by atomic mass is 10.1. The van der Waals surface area contributed by atoms with Gasteiger partial charge in [-0.05, 0) is 24.1 Å². The Kier molecular flexibility index (Phi) is 3.51. The van der Waals surface area contributed by atoms with Gasteiger partial charge in [0.2, 0.25) is 0 Å². The summed E-state index contributed by atoms with van der Waals surface area (Å²) in [5.41, 5.74) is 1.04. The van der Waals surface area contributed by atoms with Crippen molar-refractivity contribution >= 4 is 5.69 Å². The van der Waals surface area contributed by atoms with Gasteiger partial charge in [-0.3, -0.25) is 10.1 Å². The predicted octanol–water partition coefficient (Wildman–Crippen LogP) is 2.26. The second-order valence-corrected chi connectivity index (χ2v) is 3.60. The maximum atomic E-state index is 10.7. The molecule has 0 bridgehead atoms. The van der Waals surface area contributed by atoms with E-state index in [-0.39, 0.29) is 11.3 Å². The van der Waals surface area contributed by atoms with E-state index in [0.29, 0.717) is 11.3 Å². The van der Waals surface area contributed by atoms with E-state index < -0.39 is 4.92 Å². The Bertz CT molecular complexity index is 722. The van der Waals surface area contributed by atoms with E-state index in [2.05, 4.69) is 16.8 Å². The lowest BCUT2D eigenvalue weighted by molar-refractivity contribution is -0.384. The van der Waals surface area contributed by atoms with E-state index in [1.165, 1.54) is 18.2 Å². The summed E-state index contributed by atoms with van der Waals surface area (Å²) in [5.74, 6) is 5.55. The highest BCUT2D eigenvalue weighted by molar-refractivity contribution is 5.51. The molecule has 0 saturated heterocycles. The maximum Gasteiger partial charge on any atom is 0.271 e. The molecule has 0 aliphatic rings. The van der Waals surface area contributed by atoms with E-state index in [0.717, 1.165) is 0 Å². The molecule has 2 aromatic rings. The monoisotopic (exact) mass is 249 g/mol. The maximum absolute atomic E-state index is 10.7. The molecule has 1 heterocycles. The Labute approximate surface area is 109 Å². The van der Waals surface area contributed by atoms with Gasteiger partial charge in [0.15, 0.2) is 0 Å². The minimum Gasteiger partial charge on any atom is -0.258 e. The summed E-state index contributed by atoms with van der Waals surface area (Å²) in [6.07, 6.45) is 1.61. The van der Waals surface area contributed by atoms with Crippen molar-refractivity contribution in [2.75, 3.05) is 0 Å². The van der Waals surface area contributed by atoms with Crippen molar-refractivity contribution in [3.63, 3.8) is 0 Å². The summed E-state index contributed by atoms with van der Waals surface area (Å²) in [6, 6.07) is 11.2. The first-order chi connectivity index (χ1) is 9.19. The van der Waals surface area contributed by atoms with E-state index in [1.807, 2.05) is 6.07 Å². The zero-order valence-electron chi connectivity index (χ0n) is 9.70. The third-order valence-corrected chi connectivity index (χ3v) is 2.26. The summed E-state index contributed by atoms with van der Waals surface area (Å²) < 4.78 is 0. The number of aromatic nitrogens is 1. The molecule has 0 aliphatic carbocycles. The fourth-order valence-electron chi connectivity index (χ4n) is 1.43. The molecular weight excluding hydrogens is 242 g/mol. The lowest BCUT2D eigenvalue weighted by Gasteiger charge is -1.94. The Morgan fingerprint density at radius 1 is 1.16 bits per heavy atom. The molecule has 0 amide bonds. The molecule has 0 unspecified atom stereocenters. The molecule has 19 heavy (non-hydrogen) atoms. The van der Waals surface area contributed by atoms with Crippen LogP contribution in [0.15, 0.2) is 42.6 Å². The van der Waals surface area contributed by atoms with Gasteiger partial charge in [-0.2, -0.15) is 5.26 Å². The van der Waals surface area contributed by atoms with Crippen molar-refractivity contribution < 1.29 is 4.92 Å². The number of non-ortho nitro benzene ring substituents is 1. The number of hydrogen-bond donors (Lipinski definition) is 0. The smallest absolute Gasteiger partial charge is 0.258 e. The fourth-order valence-corrected chi connectivity index (χ4v) is 1.43. The molecule has 0 fully saturated rings. The van der Waals surface area contributed by atoms with Crippen molar-refractivity contribution in [2.45, 2.75) is 0 Å². The topological polar surface area (TPSA) is 79.8 Å². The second-order valence-electron chi connectivity index (χ2n) is 3.60. The zero-order chi connectivity index (χ0) is 13.7. The van der Waals surface area contributed by atoms with Crippen LogP contribution in [0.4, 0.5) is 5.69 Å². The van der Waals surface area contributed by atoms with Crippen LogP contribution in [0.25, 0.3) is 0 Å². The average Bonchev–Trinajstić information content (AvgIpc) is 2.45. The quantitative estimate of drug-likeness (QED) is 0.441. The number of hydrogen-bond acceptors (Lipinski definition) is 4. The molecule has 0 spiro atoms. The zero-order valence-corrected chi connectivity index (χ0v) is 9.70. The van der Waals surface area contributed by atoms with Gasteiger partial charge >= 0.3 is 0 Å². The molecule has 5 heteroatoms. The SMILES string of the molecule is N#Cc1cc(C#Cc2ccccn2)cc([N+](=O)[O-])c1. The molecule has 0 radical (unpaired) electrons. The van der Waals surface area contributed by atoms with Crippen LogP contribution in [0.1, 0.15) is 16.8 Å². The van der Waals surface area contributed by atoms with Crippen molar-refractivity contribution in [3.05, 3.63) is 69.5 Å². The highest BCUT2D eigenvalue weighted by Crippen LogP contribution is 2.16. The lowest BCUT2D eigenvalue weighted by Crippen LogP contribution is -1.90. The molecule has 0 N–H and O–H groups in total. The van der Waals surface area contributed by atoms with Crippen LogP contribution < -0.4 is 0 Å². The summed E-state index contributed by atoms with van der Waals surface area (Å²) in [7, 11) is 0. The van der Waals surface area contributed by atoms with Gasteiger partial charge in [-0.15, -0.1) is 0 Å². The van der Waals surface area contributed by atoms with E-state index in [4.69, 9.17) is 5.26 Å². The second kappa shape index (κ2) is 5.44. The standard InChI is InChI=1S/C14H7N3O2/c15-10-12-7-11(8-14(9-12)17(18)19)4-5-13-3-1-2-6-16-13/h1-3,6-9H. The van der Waals surface area contributed by atoms with Crippen molar-refractivity contribution in [1.29, 1.82) is 5.26 Å². The summed E-state index contributed by atoms with van der Waals surface area (Å²) in [5, 5.41) is 19.6. The van der Waals surface area contributed by atoms with Crippen LogP contribution in [0, 0.1) is 33.3 Å². The summed E-state index contributed by atoms with van der Waals surface area (Å²) in [4.78, 5) is 14.2. The van der Waals surface area contributed by atoms with Gasteiger partial charge in [0, 0.05) is 23.9 Å². The van der Waals surface area contributed by atoms with Crippen molar-refractivity contribution in [3.8, 4) is 17.9 Å². The normalized spacial score (nSPS) is 9.00. The van der Waals surface area contributed by atoms with Gasteiger partial charge in [-0.25, -0.2) is 4.98 Å². The first-order valence-corrected chi connectivity index (χ1v) is 5.31. The number of nitro benzene ring substituents is 1. The third-order valence-electron chi connectivity index (χ3n) is 2.26. The number of rotatable bonds is 1. The van der Waals surface area contributed by atoms with Crippen LogP contribution in [-0.4, -0.2) is 9.91 Å². The van der Waals surface area contributed by atoms with Gasteiger partial charge in [0.05, 0.1) is 16.6 Å². The van der Waals surface area contributed by atoms with Gasteiger partial charge in [0.1, 0.15) is 5.69 Å². The molecule has 1 aromatic heterocycles. The number of pyridine rings is 1. The first-order valence-electron chi connectivity index (χ1n) is 5.31. The van der Waals surface area contributed by atoms with Crippen LogP contribution in [0.5, 0.6) is 0 Å². The molecule has 2 rings (SSSR count). The van der Waals surface area contributed by atoms with E-state index >= 15 is 0 Å². The highest BCUT2D eigenvalue weighted by Gasteiger charge is 2.08. The Hall–Kier alpha value is -3.18. The predicted molar refractivity (Wildman–Crippen MR) is 68.0 cm³/mol. The molecule has 0 aliphatic heterocycles. The number of benzene rings is 1. The molecule has 0 atom stereocenters. The first kappa shape index (κ1) is 12.3. The largest absolute Gasteiger partial charge is 0.271 e. The van der Waals surface area contributed by atoms with Crippen molar-refractivity contribution in [2.24, 2.45) is 0 Å². The van der Waals surface area contributed by atoms with Crippen molar-refractivity contribution in [1.82, 2.24) is 4.98 Å². The number of nitriles is 1. The van der Waals surface area contributed by atoms with Gasteiger partial charge in [0.25, 0.3) is 5.69 Å². The van der Waals surface area contributed by atoms with Gasteiger partial charge in [-0.1, -0.05) is 12.0 Å². The highest BCUT2D eigenvalue weighted by atomic mass is 16.6. The third kappa shape index (κ3) is 3.15. The van der Waals surface area contributed by atoms with Crippen LogP contribution in [-0.2, 0) is 0 Å². The Morgan fingerprint density at radius 2 is 1.95 bits per heavy atom. The molecule has 0 saturated carbocycles. The Morgan fingerprint density at radius 3 is 2.58 bits per heavy atom. The minimum atomic E-state index is -0.549.